The van der Waals surface area contributed by atoms with Crippen LogP contribution in [-0.4, -0.2) is 24.2 Å². The van der Waals surface area contributed by atoms with Crippen molar-refractivity contribution in [1.82, 2.24) is 0 Å². The SMILES string of the molecule is C#CCN(CCC(=O)O)c1cc(C(F)(F)F)ccc1Cl. The third kappa shape index (κ3) is 4.35. The largest absolute Gasteiger partial charge is 0.481 e. The number of aliphatic carboxylic acids is 1. The van der Waals surface area contributed by atoms with Gasteiger partial charge in [-0.2, -0.15) is 13.2 Å². The molecule has 0 aliphatic carbocycles. The minimum absolute atomic E-state index is 0.0272. The Hall–Kier alpha value is -1.87. The summed E-state index contributed by atoms with van der Waals surface area (Å²) in [6.45, 7) is -0.0606. The number of hydrogen-bond acceptors (Lipinski definition) is 2. The molecule has 0 bridgehead atoms. The van der Waals surface area contributed by atoms with Crippen LogP contribution in [0.15, 0.2) is 18.2 Å². The number of terminal acetylenes is 1. The van der Waals surface area contributed by atoms with Gasteiger partial charge in [0.1, 0.15) is 0 Å². The van der Waals surface area contributed by atoms with E-state index in [1.807, 2.05) is 0 Å². The Morgan fingerprint density at radius 3 is 2.60 bits per heavy atom. The first-order valence-corrected chi connectivity index (χ1v) is 5.90. The molecule has 0 unspecified atom stereocenters. The van der Waals surface area contributed by atoms with Crippen molar-refractivity contribution in [2.75, 3.05) is 18.0 Å². The number of anilines is 1. The van der Waals surface area contributed by atoms with Crippen LogP contribution in [0.4, 0.5) is 18.9 Å². The van der Waals surface area contributed by atoms with Crippen LogP contribution in [0.3, 0.4) is 0 Å². The van der Waals surface area contributed by atoms with Crippen LogP contribution in [0, 0.1) is 12.3 Å². The van der Waals surface area contributed by atoms with Gasteiger partial charge in [-0.05, 0) is 18.2 Å². The summed E-state index contributed by atoms with van der Waals surface area (Å²) in [6.07, 6.45) is 0.381. The van der Waals surface area contributed by atoms with Gasteiger partial charge >= 0.3 is 12.1 Å². The average Bonchev–Trinajstić information content (AvgIpc) is 2.33. The summed E-state index contributed by atoms with van der Waals surface area (Å²) < 4.78 is 38.0. The van der Waals surface area contributed by atoms with Crippen molar-refractivity contribution in [3.8, 4) is 12.3 Å². The molecule has 0 spiro atoms. The summed E-state index contributed by atoms with van der Waals surface area (Å²) in [4.78, 5) is 11.9. The summed E-state index contributed by atoms with van der Waals surface area (Å²) in [7, 11) is 0. The maximum atomic E-state index is 12.7. The Balaban J connectivity index is 3.12. The van der Waals surface area contributed by atoms with Gasteiger partial charge in [0.05, 0.1) is 29.2 Å². The third-order valence-corrected chi connectivity index (χ3v) is 2.81. The highest BCUT2D eigenvalue weighted by molar-refractivity contribution is 6.33. The quantitative estimate of drug-likeness (QED) is 0.849. The number of carboxylic acid groups (broad SMARTS) is 1. The lowest BCUT2D eigenvalue weighted by atomic mass is 10.1. The molecule has 1 aromatic rings. The van der Waals surface area contributed by atoms with Crippen LogP contribution < -0.4 is 4.90 Å². The second-order valence-corrected chi connectivity index (χ2v) is 4.34. The number of rotatable bonds is 5. The Bertz CT molecular complexity index is 537. The van der Waals surface area contributed by atoms with Crippen molar-refractivity contribution in [2.45, 2.75) is 12.6 Å². The topological polar surface area (TPSA) is 40.5 Å². The van der Waals surface area contributed by atoms with Gasteiger partial charge in [0.25, 0.3) is 0 Å². The molecule has 0 saturated carbocycles. The lowest BCUT2D eigenvalue weighted by Gasteiger charge is -2.23. The highest BCUT2D eigenvalue weighted by Gasteiger charge is 2.31. The molecule has 1 N–H and O–H groups in total. The van der Waals surface area contributed by atoms with Crippen molar-refractivity contribution in [1.29, 1.82) is 0 Å². The predicted molar refractivity (Wildman–Crippen MR) is 69.8 cm³/mol. The van der Waals surface area contributed by atoms with Gasteiger partial charge in [-0.15, -0.1) is 6.42 Å². The van der Waals surface area contributed by atoms with Gasteiger partial charge < -0.3 is 10.0 Å². The van der Waals surface area contributed by atoms with E-state index < -0.39 is 17.7 Å². The van der Waals surface area contributed by atoms with Crippen LogP contribution in [0.2, 0.25) is 5.02 Å². The Morgan fingerprint density at radius 1 is 1.45 bits per heavy atom. The van der Waals surface area contributed by atoms with Crippen LogP contribution in [0.5, 0.6) is 0 Å². The van der Waals surface area contributed by atoms with Crippen LogP contribution in [0.25, 0.3) is 0 Å². The maximum Gasteiger partial charge on any atom is 0.416 e. The molecular formula is C13H11ClF3NO2. The molecule has 1 rings (SSSR count). The molecule has 0 amide bonds. The minimum atomic E-state index is -4.51. The number of benzene rings is 1. The standard InChI is InChI=1S/C13H11ClF3NO2/c1-2-6-18(7-5-12(19)20)11-8-9(13(15,16)17)3-4-10(11)14/h1,3-4,8H,5-7H2,(H,19,20). The highest BCUT2D eigenvalue weighted by Crippen LogP contribution is 2.35. The average molecular weight is 306 g/mol. The summed E-state index contributed by atoms with van der Waals surface area (Å²) in [5, 5.41) is 8.72. The zero-order valence-electron chi connectivity index (χ0n) is 10.2. The van der Waals surface area contributed by atoms with Gasteiger partial charge in [0.2, 0.25) is 0 Å². The number of hydrogen-bond donors (Lipinski definition) is 1. The molecule has 0 heterocycles. The molecular weight excluding hydrogens is 295 g/mol. The first-order chi connectivity index (χ1) is 9.25. The fourth-order valence-corrected chi connectivity index (χ4v) is 1.79. The first kappa shape index (κ1) is 16.2. The lowest BCUT2D eigenvalue weighted by molar-refractivity contribution is -0.138. The normalized spacial score (nSPS) is 10.9. The Labute approximate surface area is 119 Å². The van der Waals surface area contributed by atoms with Crippen molar-refractivity contribution in [2.24, 2.45) is 0 Å². The van der Waals surface area contributed by atoms with E-state index in [1.165, 1.54) is 4.90 Å². The number of carboxylic acids is 1. The minimum Gasteiger partial charge on any atom is -0.481 e. The Morgan fingerprint density at radius 2 is 2.10 bits per heavy atom. The summed E-state index contributed by atoms with van der Waals surface area (Å²) >= 11 is 5.87. The van der Waals surface area contributed by atoms with E-state index in [9.17, 15) is 18.0 Å². The molecule has 0 aromatic heterocycles. The first-order valence-electron chi connectivity index (χ1n) is 5.52. The second-order valence-electron chi connectivity index (χ2n) is 3.93. The fourth-order valence-electron chi connectivity index (χ4n) is 1.56. The zero-order chi connectivity index (χ0) is 15.3. The van der Waals surface area contributed by atoms with E-state index in [1.54, 1.807) is 0 Å². The summed E-state index contributed by atoms with van der Waals surface area (Å²) in [6, 6.07) is 2.84. The van der Waals surface area contributed by atoms with E-state index >= 15 is 0 Å². The monoisotopic (exact) mass is 305 g/mol. The van der Waals surface area contributed by atoms with Gasteiger partial charge in [-0.3, -0.25) is 4.79 Å². The third-order valence-electron chi connectivity index (χ3n) is 2.49. The molecule has 20 heavy (non-hydrogen) atoms. The van der Waals surface area contributed by atoms with Crippen molar-refractivity contribution >= 4 is 23.3 Å². The molecule has 3 nitrogen and oxygen atoms in total. The predicted octanol–water partition coefficient (Wildman–Crippen LogP) is 3.27. The Kier molecular flexibility index (Phi) is 5.28. The zero-order valence-corrected chi connectivity index (χ0v) is 11.0. The number of alkyl halides is 3. The van der Waals surface area contributed by atoms with E-state index in [4.69, 9.17) is 23.1 Å². The van der Waals surface area contributed by atoms with Gasteiger partial charge in [0, 0.05) is 6.54 Å². The van der Waals surface area contributed by atoms with Gasteiger partial charge in [-0.1, -0.05) is 17.5 Å². The smallest absolute Gasteiger partial charge is 0.416 e. The molecule has 0 saturated heterocycles. The molecule has 0 aliphatic rings. The number of carbonyl (C=O) groups is 1. The molecule has 0 atom stereocenters. The van der Waals surface area contributed by atoms with Gasteiger partial charge in [0.15, 0.2) is 0 Å². The maximum absolute atomic E-state index is 12.7. The van der Waals surface area contributed by atoms with E-state index in [-0.39, 0.29) is 30.2 Å². The fraction of sp³-hybridized carbons (Fsp3) is 0.308. The van der Waals surface area contributed by atoms with Crippen molar-refractivity contribution in [3.05, 3.63) is 28.8 Å². The second kappa shape index (κ2) is 6.53. The lowest BCUT2D eigenvalue weighted by Crippen LogP contribution is -2.27. The molecule has 7 heteroatoms. The van der Waals surface area contributed by atoms with Crippen LogP contribution in [0.1, 0.15) is 12.0 Å². The highest BCUT2D eigenvalue weighted by atomic mass is 35.5. The van der Waals surface area contributed by atoms with Crippen molar-refractivity contribution < 1.29 is 23.1 Å². The van der Waals surface area contributed by atoms with E-state index in [0.717, 1.165) is 18.2 Å². The van der Waals surface area contributed by atoms with Gasteiger partial charge in [-0.25, -0.2) is 0 Å². The molecule has 0 fully saturated rings. The van der Waals surface area contributed by atoms with Crippen LogP contribution in [-0.2, 0) is 11.0 Å². The molecule has 0 aliphatic heterocycles. The number of nitrogens with zero attached hydrogens (tertiary/aromatic N) is 1. The van der Waals surface area contributed by atoms with Crippen molar-refractivity contribution in [3.63, 3.8) is 0 Å². The molecule has 1 aromatic carbocycles. The number of halogens is 4. The summed E-state index contributed by atoms with van der Waals surface area (Å²) in [5.41, 5.74) is -0.796. The van der Waals surface area contributed by atoms with Crippen LogP contribution >= 0.6 is 11.6 Å². The van der Waals surface area contributed by atoms with E-state index in [0.29, 0.717) is 0 Å². The molecule has 108 valence electrons. The molecule has 0 radical (unpaired) electrons. The van der Waals surface area contributed by atoms with E-state index in [2.05, 4.69) is 5.92 Å². The summed E-state index contributed by atoms with van der Waals surface area (Å²) in [5.74, 6) is 1.19.